The summed E-state index contributed by atoms with van der Waals surface area (Å²) in [7, 11) is -3.40. The van der Waals surface area contributed by atoms with Crippen LogP contribution in [0.25, 0.3) is 0 Å². The normalized spacial score (nSPS) is 26.3. The number of rotatable bonds is 4. The molecule has 2 unspecified atom stereocenters. The van der Waals surface area contributed by atoms with Gasteiger partial charge in [0.1, 0.15) is 0 Å². The van der Waals surface area contributed by atoms with Crippen molar-refractivity contribution in [3.8, 4) is 0 Å². The minimum absolute atomic E-state index is 0.177. The molecule has 1 saturated heterocycles. The van der Waals surface area contributed by atoms with E-state index in [0.717, 1.165) is 13.0 Å². The van der Waals surface area contributed by atoms with Crippen molar-refractivity contribution in [1.82, 2.24) is 19.6 Å². The highest BCUT2D eigenvalue weighted by molar-refractivity contribution is 7.89. The van der Waals surface area contributed by atoms with Gasteiger partial charge in [-0.3, -0.25) is 0 Å². The molecule has 2 rings (SSSR count). The third kappa shape index (κ3) is 2.57. The van der Waals surface area contributed by atoms with Gasteiger partial charge in [-0.15, -0.1) is 0 Å². The van der Waals surface area contributed by atoms with Gasteiger partial charge in [-0.25, -0.2) is 13.4 Å². The molecular formula is C11H20N4O2S. The number of nitrogens with zero attached hydrogens (tertiary/aromatic N) is 2. The number of piperidine rings is 1. The summed E-state index contributed by atoms with van der Waals surface area (Å²) in [6, 6.07) is 0.406. The molecule has 6 nitrogen and oxygen atoms in total. The highest BCUT2D eigenvalue weighted by Crippen LogP contribution is 2.22. The maximum Gasteiger partial charge on any atom is 0.260 e. The molecule has 18 heavy (non-hydrogen) atoms. The SMILES string of the molecule is CCNC1CCN(S(=O)(=O)c2cnc[nH]2)CC1C. The zero-order valence-corrected chi connectivity index (χ0v) is 11.6. The van der Waals surface area contributed by atoms with Crippen LogP contribution in [-0.4, -0.2) is 48.4 Å². The topological polar surface area (TPSA) is 78.1 Å². The summed E-state index contributed by atoms with van der Waals surface area (Å²) in [5.41, 5.74) is 0. The van der Waals surface area contributed by atoms with Gasteiger partial charge in [0, 0.05) is 19.1 Å². The predicted molar refractivity (Wildman–Crippen MR) is 68.6 cm³/mol. The molecule has 0 radical (unpaired) electrons. The monoisotopic (exact) mass is 272 g/mol. The van der Waals surface area contributed by atoms with Crippen molar-refractivity contribution in [2.24, 2.45) is 5.92 Å². The van der Waals surface area contributed by atoms with Crippen LogP contribution in [-0.2, 0) is 10.0 Å². The molecule has 1 aromatic heterocycles. The second-order valence-electron chi connectivity index (χ2n) is 4.71. The Bertz CT molecular complexity index is 471. The van der Waals surface area contributed by atoms with E-state index in [-0.39, 0.29) is 5.03 Å². The second kappa shape index (κ2) is 5.38. The van der Waals surface area contributed by atoms with E-state index in [2.05, 4.69) is 29.1 Å². The van der Waals surface area contributed by atoms with E-state index >= 15 is 0 Å². The summed E-state index contributed by atoms with van der Waals surface area (Å²) < 4.78 is 26.1. The minimum Gasteiger partial charge on any atom is -0.335 e. The Hall–Kier alpha value is -0.920. The molecule has 1 aliphatic heterocycles. The zero-order valence-electron chi connectivity index (χ0n) is 10.8. The smallest absolute Gasteiger partial charge is 0.260 e. The molecular weight excluding hydrogens is 252 g/mol. The van der Waals surface area contributed by atoms with Crippen LogP contribution >= 0.6 is 0 Å². The lowest BCUT2D eigenvalue weighted by molar-refractivity contribution is 0.222. The van der Waals surface area contributed by atoms with Gasteiger partial charge in [0.05, 0.1) is 12.5 Å². The summed E-state index contributed by atoms with van der Waals surface area (Å²) in [6.07, 6.45) is 3.60. The third-order valence-corrected chi connectivity index (χ3v) is 5.22. The molecule has 0 amide bonds. The van der Waals surface area contributed by atoms with E-state index in [1.165, 1.54) is 12.5 Å². The molecule has 1 aliphatic rings. The van der Waals surface area contributed by atoms with Crippen molar-refractivity contribution < 1.29 is 8.42 Å². The van der Waals surface area contributed by atoms with Crippen molar-refractivity contribution in [3.63, 3.8) is 0 Å². The van der Waals surface area contributed by atoms with Crippen LogP contribution in [0.1, 0.15) is 20.3 Å². The molecule has 0 saturated carbocycles. The molecule has 102 valence electrons. The predicted octanol–water partition coefficient (Wildman–Crippen LogP) is 0.418. The van der Waals surface area contributed by atoms with E-state index in [4.69, 9.17) is 0 Å². The number of hydrogen-bond acceptors (Lipinski definition) is 4. The number of H-pyrrole nitrogens is 1. The molecule has 2 N–H and O–H groups in total. The maximum atomic E-state index is 12.3. The molecule has 0 aromatic carbocycles. The van der Waals surface area contributed by atoms with Crippen LogP contribution in [0.3, 0.4) is 0 Å². The van der Waals surface area contributed by atoms with Gasteiger partial charge in [-0.2, -0.15) is 4.31 Å². The molecule has 2 atom stereocenters. The van der Waals surface area contributed by atoms with Gasteiger partial charge in [0.25, 0.3) is 10.0 Å². The summed E-state index contributed by atoms with van der Waals surface area (Å²) in [5.74, 6) is 0.316. The molecule has 1 aromatic rings. The molecule has 0 aliphatic carbocycles. The van der Waals surface area contributed by atoms with Crippen molar-refractivity contribution in [2.75, 3.05) is 19.6 Å². The van der Waals surface area contributed by atoms with E-state index < -0.39 is 10.0 Å². The number of aromatic nitrogens is 2. The summed E-state index contributed by atoms with van der Waals surface area (Å²) in [4.78, 5) is 6.44. The van der Waals surface area contributed by atoms with Gasteiger partial charge < -0.3 is 10.3 Å². The van der Waals surface area contributed by atoms with Crippen LogP contribution in [0.2, 0.25) is 0 Å². The molecule has 2 heterocycles. The highest BCUT2D eigenvalue weighted by Gasteiger charge is 2.33. The average Bonchev–Trinajstić information content (AvgIpc) is 2.86. The quantitative estimate of drug-likeness (QED) is 0.832. The number of sulfonamides is 1. The van der Waals surface area contributed by atoms with Crippen LogP contribution in [0, 0.1) is 5.92 Å². The third-order valence-electron chi connectivity index (χ3n) is 3.43. The standard InChI is InChI=1S/C11H20N4O2S/c1-3-13-10-4-5-15(7-9(10)2)18(16,17)11-6-12-8-14-11/h6,8-10,13H,3-5,7H2,1-2H3,(H,12,14). The lowest BCUT2D eigenvalue weighted by Crippen LogP contribution is -2.50. The maximum absolute atomic E-state index is 12.3. The van der Waals surface area contributed by atoms with E-state index in [0.29, 0.717) is 25.0 Å². The number of imidazole rings is 1. The Morgan fingerprint density at radius 1 is 1.61 bits per heavy atom. The Morgan fingerprint density at radius 3 is 2.94 bits per heavy atom. The highest BCUT2D eigenvalue weighted by atomic mass is 32.2. The molecule has 7 heteroatoms. The molecule has 1 fully saturated rings. The van der Waals surface area contributed by atoms with Crippen LogP contribution < -0.4 is 5.32 Å². The minimum atomic E-state index is -3.40. The van der Waals surface area contributed by atoms with Gasteiger partial charge >= 0.3 is 0 Å². The van der Waals surface area contributed by atoms with Crippen molar-refractivity contribution in [3.05, 3.63) is 12.5 Å². The van der Waals surface area contributed by atoms with E-state index in [1.807, 2.05) is 0 Å². The Kier molecular flexibility index (Phi) is 4.04. The lowest BCUT2D eigenvalue weighted by atomic mass is 9.95. The first-order valence-corrected chi connectivity index (χ1v) is 7.71. The fourth-order valence-electron chi connectivity index (χ4n) is 2.41. The van der Waals surface area contributed by atoms with Crippen molar-refractivity contribution >= 4 is 10.0 Å². The van der Waals surface area contributed by atoms with Crippen LogP contribution in [0.15, 0.2) is 17.6 Å². The summed E-state index contributed by atoms with van der Waals surface area (Å²) in [6.45, 7) is 6.19. The molecule has 0 bridgehead atoms. The number of hydrogen-bond donors (Lipinski definition) is 2. The van der Waals surface area contributed by atoms with Gasteiger partial charge in [-0.05, 0) is 18.9 Å². The van der Waals surface area contributed by atoms with Gasteiger partial charge in [-0.1, -0.05) is 13.8 Å². The van der Waals surface area contributed by atoms with Crippen molar-refractivity contribution in [1.29, 1.82) is 0 Å². The Morgan fingerprint density at radius 2 is 2.39 bits per heavy atom. The average molecular weight is 272 g/mol. The van der Waals surface area contributed by atoms with Gasteiger partial charge in [0.2, 0.25) is 0 Å². The van der Waals surface area contributed by atoms with Crippen molar-refractivity contribution in [2.45, 2.75) is 31.3 Å². The first-order chi connectivity index (χ1) is 8.55. The fraction of sp³-hybridized carbons (Fsp3) is 0.727. The Balaban J connectivity index is 2.09. The van der Waals surface area contributed by atoms with E-state index in [9.17, 15) is 8.42 Å². The van der Waals surface area contributed by atoms with Crippen LogP contribution in [0.5, 0.6) is 0 Å². The fourth-order valence-corrected chi connectivity index (χ4v) is 3.87. The number of nitrogens with one attached hydrogen (secondary N) is 2. The second-order valence-corrected chi connectivity index (χ2v) is 6.62. The largest absolute Gasteiger partial charge is 0.335 e. The first kappa shape index (κ1) is 13.5. The van der Waals surface area contributed by atoms with E-state index in [1.54, 1.807) is 4.31 Å². The van der Waals surface area contributed by atoms with Crippen LogP contribution in [0.4, 0.5) is 0 Å². The summed E-state index contributed by atoms with van der Waals surface area (Å²) in [5, 5.41) is 3.58. The zero-order chi connectivity index (χ0) is 13.2. The molecule has 0 spiro atoms. The Labute approximate surface area is 108 Å². The van der Waals surface area contributed by atoms with Gasteiger partial charge in [0.15, 0.2) is 5.03 Å². The number of aromatic amines is 1. The first-order valence-electron chi connectivity index (χ1n) is 6.27. The summed E-state index contributed by atoms with van der Waals surface area (Å²) >= 11 is 0. The lowest BCUT2D eigenvalue weighted by Gasteiger charge is -2.36.